The number of carboxylic acids is 1. The first-order chi connectivity index (χ1) is 14.7. The molecule has 162 valence electrons. The molecule has 0 amide bonds. The number of thiophene rings is 1. The quantitative estimate of drug-likeness (QED) is 0.369. The van der Waals surface area contributed by atoms with Crippen LogP contribution in [0.3, 0.4) is 0 Å². The predicted molar refractivity (Wildman–Crippen MR) is 126 cm³/mol. The Hall–Kier alpha value is -2.74. The van der Waals surface area contributed by atoms with Crippen LogP contribution < -0.4 is 11.2 Å². The number of hydrogen-bond donors (Lipinski definition) is 3. The minimum absolute atomic E-state index is 0.125. The summed E-state index contributed by atoms with van der Waals surface area (Å²) in [6.07, 6.45) is 4.60. The van der Waals surface area contributed by atoms with Crippen LogP contribution in [0.4, 0.5) is 10.8 Å². The molecule has 7 heteroatoms. The van der Waals surface area contributed by atoms with Gasteiger partial charge in [0, 0.05) is 30.2 Å². The van der Waals surface area contributed by atoms with Crippen molar-refractivity contribution < 1.29 is 9.90 Å². The van der Waals surface area contributed by atoms with Crippen molar-refractivity contribution in [3.8, 4) is 11.1 Å². The zero-order chi connectivity index (χ0) is 22.2. The van der Waals surface area contributed by atoms with E-state index in [2.05, 4.69) is 36.3 Å². The number of nitrogens with zero attached hydrogens (tertiary/aromatic N) is 2. The maximum atomic E-state index is 12.1. The summed E-state index contributed by atoms with van der Waals surface area (Å²) < 4.78 is 0. The van der Waals surface area contributed by atoms with Crippen molar-refractivity contribution in [3.05, 3.63) is 64.2 Å². The molecule has 0 saturated heterocycles. The van der Waals surface area contributed by atoms with Crippen molar-refractivity contribution >= 4 is 28.1 Å². The summed E-state index contributed by atoms with van der Waals surface area (Å²) in [5, 5.41) is 15.5. The van der Waals surface area contributed by atoms with Crippen LogP contribution in [0.2, 0.25) is 0 Å². The third-order valence-corrected chi connectivity index (χ3v) is 6.95. The molecule has 0 unspecified atom stereocenters. The molecule has 1 aliphatic carbocycles. The molecule has 2 heterocycles. The van der Waals surface area contributed by atoms with Crippen LogP contribution in [0.1, 0.15) is 46.6 Å². The minimum atomic E-state index is -0.880. The monoisotopic (exact) mass is 436 g/mol. The summed E-state index contributed by atoms with van der Waals surface area (Å²) >= 11 is 1.54. The Morgan fingerprint density at radius 1 is 1.29 bits per heavy atom. The number of benzene rings is 1. The maximum absolute atomic E-state index is 12.1. The average molecular weight is 437 g/mol. The zero-order valence-electron chi connectivity index (χ0n) is 18.1. The van der Waals surface area contributed by atoms with E-state index >= 15 is 0 Å². The molecule has 3 aromatic rings. The fourth-order valence-corrected chi connectivity index (χ4v) is 5.40. The number of hydrazine groups is 1. The van der Waals surface area contributed by atoms with Crippen LogP contribution in [-0.4, -0.2) is 28.1 Å². The molecular formula is C24H28N4O2S. The highest BCUT2D eigenvalue weighted by Crippen LogP contribution is 2.44. The fraction of sp³-hybridized carbons (Fsp3) is 0.333. The zero-order valence-corrected chi connectivity index (χ0v) is 18.9. The largest absolute Gasteiger partial charge is 0.478 e. The molecule has 4 rings (SSSR count). The van der Waals surface area contributed by atoms with Gasteiger partial charge < -0.3 is 10.4 Å². The van der Waals surface area contributed by atoms with Gasteiger partial charge in [-0.2, -0.15) is 0 Å². The second kappa shape index (κ2) is 8.42. The molecule has 0 bridgehead atoms. The molecule has 1 aliphatic rings. The summed E-state index contributed by atoms with van der Waals surface area (Å²) in [6, 6.07) is 12.0. The number of nitrogens with one attached hydrogen (secondary N) is 1. The van der Waals surface area contributed by atoms with Crippen LogP contribution in [0, 0.1) is 5.41 Å². The van der Waals surface area contributed by atoms with Crippen LogP contribution in [-0.2, 0) is 19.4 Å². The topological polar surface area (TPSA) is 91.5 Å². The molecule has 0 radical (unpaired) electrons. The summed E-state index contributed by atoms with van der Waals surface area (Å²) in [5.74, 6) is 5.60. The highest BCUT2D eigenvalue weighted by molar-refractivity contribution is 7.16. The van der Waals surface area contributed by atoms with E-state index in [0.717, 1.165) is 41.5 Å². The number of carboxylic acid groups (broad SMARTS) is 1. The molecule has 1 aromatic carbocycles. The molecule has 2 aromatic heterocycles. The fourth-order valence-electron chi connectivity index (χ4n) is 4.19. The molecule has 0 fully saturated rings. The first kappa shape index (κ1) is 21.5. The third kappa shape index (κ3) is 4.63. The van der Waals surface area contributed by atoms with Crippen molar-refractivity contribution in [3.63, 3.8) is 0 Å². The van der Waals surface area contributed by atoms with Gasteiger partial charge in [-0.15, -0.1) is 11.3 Å². The number of aryl methyl sites for hydroxylation is 1. The van der Waals surface area contributed by atoms with Gasteiger partial charge >= 0.3 is 5.97 Å². The molecule has 0 aliphatic heterocycles. The second-order valence-corrected chi connectivity index (χ2v) is 10.1. The molecule has 0 atom stereocenters. The number of pyridine rings is 1. The maximum Gasteiger partial charge on any atom is 0.339 e. The van der Waals surface area contributed by atoms with Gasteiger partial charge in [0.15, 0.2) is 0 Å². The number of fused-ring (bicyclic) bond motifs is 1. The van der Waals surface area contributed by atoms with Crippen molar-refractivity contribution in [2.45, 2.75) is 39.7 Å². The van der Waals surface area contributed by atoms with Crippen molar-refractivity contribution in [1.29, 1.82) is 0 Å². The Bertz CT molecular complexity index is 1100. The van der Waals surface area contributed by atoms with Gasteiger partial charge in [0.25, 0.3) is 0 Å². The molecule has 6 nitrogen and oxygen atoms in total. The van der Waals surface area contributed by atoms with Gasteiger partial charge in [-0.1, -0.05) is 38.1 Å². The Morgan fingerprint density at radius 3 is 2.74 bits per heavy atom. The van der Waals surface area contributed by atoms with E-state index in [1.807, 2.05) is 37.5 Å². The van der Waals surface area contributed by atoms with E-state index in [1.165, 1.54) is 4.88 Å². The predicted octanol–water partition coefficient (Wildman–Crippen LogP) is 5.07. The first-order valence-electron chi connectivity index (χ1n) is 10.4. The van der Waals surface area contributed by atoms with Crippen LogP contribution in [0.25, 0.3) is 11.1 Å². The van der Waals surface area contributed by atoms with Gasteiger partial charge in [-0.05, 0) is 53.5 Å². The number of nitrogens with two attached hydrogens (primary N) is 1. The van der Waals surface area contributed by atoms with E-state index in [0.29, 0.717) is 22.9 Å². The Kier molecular flexibility index (Phi) is 5.83. The van der Waals surface area contributed by atoms with Crippen LogP contribution in [0.5, 0.6) is 0 Å². The van der Waals surface area contributed by atoms with Crippen LogP contribution in [0.15, 0.2) is 42.6 Å². The first-order valence-corrected chi connectivity index (χ1v) is 11.2. The van der Waals surface area contributed by atoms with E-state index in [-0.39, 0.29) is 5.41 Å². The number of anilines is 2. The van der Waals surface area contributed by atoms with E-state index < -0.39 is 5.97 Å². The smallest absolute Gasteiger partial charge is 0.339 e. The van der Waals surface area contributed by atoms with Crippen molar-refractivity contribution in [2.24, 2.45) is 11.3 Å². The molecule has 0 saturated carbocycles. The standard InChI is InChI=1S/C24H28N4O2S/c1-24(2)11-10-19-18(12-24)21(23(29)30)22(31-19)27-20-9-8-15(13-26-20)17-7-5-4-6-16(17)14-28(3)25/h4-9,13H,10-12,14,25H2,1-3H3,(H,26,27)(H,29,30). The van der Waals surface area contributed by atoms with Gasteiger partial charge in [0.05, 0.1) is 5.56 Å². The molecule has 4 N–H and O–H groups in total. The molecule has 31 heavy (non-hydrogen) atoms. The average Bonchev–Trinajstić information content (AvgIpc) is 3.04. The molecular weight excluding hydrogens is 408 g/mol. The number of carbonyl (C=O) groups is 1. The van der Waals surface area contributed by atoms with Gasteiger partial charge in [-0.25, -0.2) is 14.8 Å². The number of rotatable bonds is 6. The summed E-state index contributed by atoms with van der Waals surface area (Å²) in [7, 11) is 1.84. The highest BCUT2D eigenvalue weighted by atomic mass is 32.1. The SMILES string of the molecule is CN(N)Cc1ccccc1-c1ccc(Nc2sc3c(c2C(=O)O)CC(C)(C)CC3)nc1. The van der Waals surface area contributed by atoms with Gasteiger partial charge in [0.2, 0.25) is 0 Å². The lowest BCUT2D eigenvalue weighted by Gasteiger charge is -2.29. The minimum Gasteiger partial charge on any atom is -0.478 e. The van der Waals surface area contributed by atoms with Gasteiger partial charge in [-0.3, -0.25) is 5.84 Å². The number of hydrogen-bond acceptors (Lipinski definition) is 6. The Labute approximate surface area is 186 Å². The number of aromatic nitrogens is 1. The third-order valence-electron chi connectivity index (χ3n) is 5.74. The lowest BCUT2D eigenvalue weighted by molar-refractivity contribution is 0.0696. The lowest BCUT2D eigenvalue weighted by atomic mass is 9.76. The summed E-state index contributed by atoms with van der Waals surface area (Å²) in [5.41, 5.74) is 4.70. The lowest BCUT2D eigenvalue weighted by Crippen LogP contribution is -2.25. The highest BCUT2D eigenvalue weighted by Gasteiger charge is 2.32. The van der Waals surface area contributed by atoms with E-state index in [1.54, 1.807) is 16.3 Å². The molecule has 0 spiro atoms. The van der Waals surface area contributed by atoms with E-state index in [4.69, 9.17) is 5.84 Å². The van der Waals surface area contributed by atoms with Crippen molar-refractivity contribution in [2.75, 3.05) is 12.4 Å². The van der Waals surface area contributed by atoms with Gasteiger partial charge in [0.1, 0.15) is 10.8 Å². The van der Waals surface area contributed by atoms with E-state index in [9.17, 15) is 9.90 Å². The Morgan fingerprint density at radius 2 is 2.06 bits per heavy atom. The van der Waals surface area contributed by atoms with Crippen molar-refractivity contribution in [1.82, 2.24) is 9.99 Å². The summed E-state index contributed by atoms with van der Waals surface area (Å²) in [6.45, 7) is 5.04. The summed E-state index contributed by atoms with van der Waals surface area (Å²) in [4.78, 5) is 17.8. The normalized spacial score (nSPS) is 15.0. The second-order valence-electron chi connectivity index (χ2n) is 8.98. The van der Waals surface area contributed by atoms with Crippen LogP contribution >= 0.6 is 11.3 Å². The Balaban J connectivity index is 1.61. The number of aromatic carboxylic acids is 1.